The first-order valence-corrected chi connectivity index (χ1v) is 10.5. The molecule has 150 valence electrons. The van der Waals surface area contributed by atoms with E-state index < -0.39 is 0 Å². The van der Waals surface area contributed by atoms with E-state index in [0.717, 1.165) is 28.7 Å². The number of fused-ring (bicyclic) bond motifs is 1. The highest BCUT2D eigenvalue weighted by Crippen LogP contribution is 2.41. The highest BCUT2D eigenvalue weighted by Gasteiger charge is 2.32. The molecule has 2 heterocycles. The van der Waals surface area contributed by atoms with Gasteiger partial charge in [-0.2, -0.15) is 0 Å². The van der Waals surface area contributed by atoms with Gasteiger partial charge in [0.1, 0.15) is 11.6 Å². The maximum Gasteiger partial charge on any atom is 0.261 e. The molecule has 3 aromatic rings. The van der Waals surface area contributed by atoms with E-state index >= 15 is 0 Å². The van der Waals surface area contributed by atoms with E-state index in [-0.39, 0.29) is 29.4 Å². The van der Waals surface area contributed by atoms with Crippen molar-refractivity contribution in [1.82, 2.24) is 5.32 Å². The average molecular weight is 411 g/mol. The van der Waals surface area contributed by atoms with Crippen molar-refractivity contribution in [2.45, 2.75) is 32.2 Å². The fourth-order valence-electron chi connectivity index (χ4n) is 4.01. The molecule has 0 saturated carbocycles. The number of anilines is 1. The molecule has 0 spiro atoms. The largest absolute Gasteiger partial charge is 0.508 e. The molecule has 1 amide bonds. The molecule has 6 heteroatoms. The predicted octanol–water partition coefficient (Wildman–Crippen LogP) is 5.29. The van der Waals surface area contributed by atoms with E-state index in [1.54, 1.807) is 18.2 Å². The summed E-state index contributed by atoms with van der Waals surface area (Å²) in [6.45, 7) is 4.56. The molecule has 0 saturated heterocycles. The van der Waals surface area contributed by atoms with E-state index in [0.29, 0.717) is 17.1 Å². The quantitative estimate of drug-likeness (QED) is 0.536. The summed E-state index contributed by atoms with van der Waals surface area (Å²) in [5.74, 6) is 0.0245. The third kappa shape index (κ3) is 3.85. The number of phenols is 1. The molecule has 3 N–H and O–H groups in total. The summed E-state index contributed by atoms with van der Waals surface area (Å²) in [5.41, 5.74) is 4.48. The molecule has 2 unspecified atom stereocenters. The zero-order valence-corrected chi connectivity index (χ0v) is 17.1. The fraction of sp³-hybridized carbons (Fsp3) is 0.261. The molecule has 1 aromatic heterocycles. The van der Waals surface area contributed by atoms with Crippen LogP contribution in [0.4, 0.5) is 10.1 Å². The summed E-state index contributed by atoms with van der Waals surface area (Å²) in [6, 6.07) is 12.2. The lowest BCUT2D eigenvalue weighted by atomic mass is 9.89. The Morgan fingerprint density at radius 2 is 2.07 bits per heavy atom. The number of carbonyl (C=O) groups excluding carboxylic acids is 1. The van der Waals surface area contributed by atoms with E-state index in [2.05, 4.69) is 10.6 Å². The predicted molar refractivity (Wildman–Crippen MR) is 115 cm³/mol. The minimum Gasteiger partial charge on any atom is -0.508 e. The molecule has 0 bridgehead atoms. The second kappa shape index (κ2) is 7.87. The normalized spacial score (nSPS) is 17.6. The van der Waals surface area contributed by atoms with Crippen molar-refractivity contribution >= 4 is 22.9 Å². The van der Waals surface area contributed by atoms with Crippen LogP contribution in [0.15, 0.2) is 47.8 Å². The van der Waals surface area contributed by atoms with Crippen molar-refractivity contribution < 1.29 is 14.3 Å². The molecular formula is C23H23FN2O2S. The third-order valence-corrected chi connectivity index (χ3v) is 6.43. The molecule has 2 atom stereocenters. The second-order valence-corrected chi connectivity index (χ2v) is 8.40. The summed E-state index contributed by atoms with van der Waals surface area (Å²) in [7, 11) is 0. The van der Waals surface area contributed by atoms with Gasteiger partial charge in [0.05, 0.1) is 10.6 Å². The molecule has 0 fully saturated rings. The van der Waals surface area contributed by atoms with Gasteiger partial charge in [0.2, 0.25) is 0 Å². The molecule has 29 heavy (non-hydrogen) atoms. The van der Waals surface area contributed by atoms with Crippen molar-refractivity contribution in [2.24, 2.45) is 0 Å². The Hall–Kier alpha value is -2.86. The number of hydrogen-bond donors (Lipinski definition) is 3. The number of aromatic hydroxyl groups is 1. The summed E-state index contributed by atoms with van der Waals surface area (Å²) < 4.78 is 14.1. The fourth-order valence-corrected chi connectivity index (χ4v) is 4.85. The highest BCUT2D eigenvalue weighted by molar-refractivity contribution is 7.12. The van der Waals surface area contributed by atoms with Gasteiger partial charge >= 0.3 is 0 Å². The molecular weight excluding hydrogens is 387 g/mol. The number of carbonyl (C=O) groups is 1. The van der Waals surface area contributed by atoms with Gasteiger partial charge in [-0.3, -0.25) is 4.79 Å². The molecule has 1 aliphatic rings. The topological polar surface area (TPSA) is 61.4 Å². The Bertz CT molecular complexity index is 1060. The number of benzene rings is 2. The Morgan fingerprint density at radius 3 is 2.86 bits per heavy atom. The lowest BCUT2D eigenvalue weighted by Gasteiger charge is -2.17. The zero-order chi connectivity index (χ0) is 20.5. The van der Waals surface area contributed by atoms with Crippen LogP contribution in [0.2, 0.25) is 0 Å². The van der Waals surface area contributed by atoms with Crippen LogP contribution in [0, 0.1) is 12.7 Å². The maximum absolute atomic E-state index is 14.1. The number of thiophene rings is 1. The van der Waals surface area contributed by atoms with Gasteiger partial charge in [-0.1, -0.05) is 18.2 Å². The minimum absolute atomic E-state index is 0.115. The average Bonchev–Trinajstić information content (AvgIpc) is 3.31. The van der Waals surface area contributed by atoms with Crippen molar-refractivity contribution in [3.05, 3.63) is 69.7 Å². The monoisotopic (exact) mass is 410 g/mol. The molecule has 4 rings (SSSR count). The highest BCUT2D eigenvalue weighted by atomic mass is 32.1. The van der Waals surface area contributed by atoms with Gasteiger partial charge in [-0.15, -0.1) is 11.3 Å². The molecule has 1 aliphatic heterocycles. The van der Waals surface area contributed by atoms with Gasteiger partial charge in [-0.05, 0) is 72.2 Å². The minimum atomic E-state index is -0.220. The summed E-state index contributed by atoms with van der Waals surface area (Å²) in [4.78, 5) is 13.2. The van der Waals surface area contributed by atoms with Crippen molar-refractivity contribution in [3.8, 4) is 16.9 Å². The Kier molecular flexibility index (Phi) is 5.28. The number of phenolic OH excluding ortho intramolecular Hbond substituents is 1. The van der Waals surface area contributed by atoms with Crippen LogP contribution in [0.3, 0.4) is 0 Å². The van der Waals surface area contributed by atoms with E-state index in [9.17, 15) is 14.3 Å². The first-order chi connectivity index (χ1) is 13.9. The number of amides is 1. The zero-order valence-electron chi connectivity index (χ0n) is 16.3. The smallest absolute Gasteiger partial charge is 0.261 e. The lowest BCUT2D eigenvalue weighted by molar-refractivity contribution is 0.0956. The molecule has 2 aromatic carbocycles. The Morgan fingerprint density at radius 1 is 1.24 bits per heavy atom. The van der Waals surface area contributed by atoms with E-state index in [4.69, 9.17) is 0 Å². The van der Waals surface area contributed by atoms with Crippen LogP contribution in [0.5, 0.6) is 5.75 Å². The molecule has 0 aliphatic carbocycles. The van der Waals surface area contributed by atoms with E-state index in [1.807, 2.05) is 37.4 Å². The van der Waals surface area contributed by atoms with E-state index in [1.165, 1.54) is 17.4 Å². The van der Waals surface area contributed by atoms with Crippen molar-refractivity contribution in [1.29, 1.82) is 0 Å². The summed E-state index contributed by atoms with van der Waals surface area (Å²) >= 11 is 1.38. The Balaban J connectivity index is 1.40. The standard InChI is InChI=1S/C23H23FN2O2S/c1-13-6-7-19(24)22-21(13)18(14(2)26-22)8-9-25-23(28)20-11-16(12-29-20)15-4-3-5-17(27)10-15/h3-7,10-12,14,18,26-27H,8-9H2,1-2H3,(H,25,28). The van der Waals surface area contributed by atoms with Gasteiger partial charge in [0.25, 0.3) is 5.91 Å². The first kappa shape index (κ1) is 19.5. The van der Waals surface area contributed by atoms with Crippen molar-refractivity contribution in [2.75, 3.05) is 11.9 Å². The number of aryl methyl sites for hydroxylation is 1. The van der Waals surface area contributed by atoms with Crippen LogP contribution in [-0.4, -0.2) is 23.6 Å². The maximum atomic E-state index is 14.1. The van der Waals surface area contributed by atoms with Crippen LogP contribution in [0.1, 0.15) is 40.1 Å². The van der Waals surface area contributed by atoms with Gasteiger partial charge in [-0.25, -0.2) is 4.39 Å². The second-order valence-electron chi connectivity index (χ2n) is 7.49. The SMILES string of the molecule is Cc1ccc(F)c2c1C(CCNC(=O)c1cc(-c3cccc(O)c3)cs1)C(C)N2. The van der Waals surface area contributed by atoms with Crippen LogP contribution < -0.4 is 10.6 Å². The third-order valence-electron chi connectivity index (χ3n) is 5.50. The lowest BCUT2D eigenvalue weighted by Crippen LogP contribution is -2.27. The number of hydrogen-bond acceptors (Lipinski definition) is 4. The molecule has 4 nitrogen and oxygen atoms in total. The number of nitrogens with one attached hydrogen (secondary N) is 2. The number of rotatable bonds is 5. The van der Waals surface area contributed by atoms with Crippen LogP contribution in [0.25, 0.3) is 11.1 Å². The summed E-state index contributed by atoms with van der Waals surface area (Å²) in [6.07, 6.45) is 0.738. The first-order valence-electron chi connectivity index (χ1n) is 9.65. The Labute approximate surface area is 173 Å². The van der Waals surface area contributed by atoms with Crippen LogP contribution in [-0.2, 0) is 0 Å². The number of halogens is 1. The van der Waals surface area contributed by atoms with Gasteiger partial charge in [0.15, 0.2) is 0 Å². The van der Waals surface area contributed by atoms with Gasteiger partial charge < -0.3 is 15.7 Å². The van der Waals surface area contributed by atoms with Gasteiger partial charge in [0, 0.05) is 18.5 Å². The molecule has 0 radical (unpaired) electrons. The van der Waals surface area contributed by atoms with Crippen LogP contribution >= 0.6 is 11.3 Å². The summed E-state index contributed by atoms with van der Waals surface area (Å²) in [5, 5.41) is 17.8. The van der Waals surface area contributed by atoms with Crippen molar-refractivity contribution in [3.63, 3.8) is 0 Å².